The maximum absolute atomic E-state index is 11.5. The van der Waals surface area contributed by atoms with Crippen LogP contribution >= 0.6 is 0 Å². The molecule has 0 bridgehead atoms. The van der Waals surface area contributed by atoms with Gasteiger partial charge in [0.1, 0.15) is 5.75 Å². The molecule has 1 aromatic carbocycles. The maximum atomic E-state index is 11.5. The highest BCUT2D eigenvalue weighted by Crippen LogP contribution is 2.31. The zero-order chi connectivity index (χ0) is 10.1. The van der Waals surface area contributed by atoms with E-state index in [1.165, 1.54) is 0 Å². The van der Waals surface area contributed by atoms with Crippen molar-refractivity contribution in [1.29, 1.82) is 0 Å². The Kier molecular flexibility index (Phi) is 2.15. The summed E-state index contributed by atoms with van der Waals surface area (Å²) < 4.78 is 5.48. The number of amides is 1. The van der Waals surface area contributed by atoms with Gasteiger partial charge in [-0.25, -0.2) is 0 Å². The van der Waals surface area contributed by atoms with Crippen molar-refractivity contribution in [3.05, 3.63) is 23.8 Å². The van der Waals surface area contributed by atoms with Crippen LogP contribution in [0.25, 0.3) is 0 Å². The van der Waals surface area contributed by atoms with Crippen LogP contribution in [-0.2, 0) is 4.79 Å². The van der Waals surface area contributed by atoms with E-state index in [1.54, 1.807) is 11.9 Å². The minimum Gasteiger partial charge on any atom is -0.491 e. The first-order chi connectivity index (χ1) is 6.68. The van der Waals surface area contributed by atoms with Crippen LogP contribution in [0, 0.1) is 6.92 Å². The lowest BCUT2D eigenvalue weighted by molar-refractivity contribution is -0.118. The molecule has 3 heteroatoms. The molecule has 2 rings (SSSR count). The molecule has 1 aromatic rings. The van der Waals surface area contributed by atoms with Gasteiger partial charge in [0.05, 0.1) is 18.7 Å². The lowest BCUT2D eigenvalue weighted by atomic mass is 10.2. The molecule has 3 nitrogen and oxygen atoms in total. The highest BCUT2D eigenvalue weighted by Gasteiger charge is 2.19. The van der Waals surface area contributed by atoms with E-state index in [1.807, 2.05) is 25.1 Å². The Morgan fingerprint density at radius 2 is 2.21 bits per heavy atom. The van der Waals surface area contributed by atoms with Gasteiger partial charge in [0.2, 0.25) is 5.91 Å². The van der Waals surface area contributed by atoms with Crippen LogP contribution in [0.15, 0.2) is 18.2 Å². The van der Waals surface area contributed by atoms with E-state index in [0.717, 1.165) is 17.0 Å². The fraction of sp³-hybridized carbons (Fsp3) is 0.364. The third-order valence-corrected chi connectivity index (χ3v) is 2.42. The molecule has 0 spiro atoms. The van der Waals surface area contributed by atoms with Crippen molar-refractivity contribution < 1.29 is 9.53 Å². The van der Waals surface area contributed by atoms with Crippen molar-refractivity contribution >= 4 is 11.6 Å². The summed E-state index contributed by atoms with van der Waals surface area (Å²) in [6, 6.07) is 5.88. The zero-order valence-corrected chi connectivity index (χ0v) is 8.41. The number of fused-ring (bicyclic) bond motifs is 1. The number of benzene rings is 1. The molecular weight excluding hydrogens is 178 g/mol. The quantitative estimate of drug-likeness (QED) is 0.625. The Balaban J connectivity index is 2.49. The zero-order valence-electron chi connectivity index (χ0n) is 8.41. The van der Waals surface area contributed by atoms with Crippen LogP contribution in [0.4, 0.5) is 5.69 Å². The lowest BCUT2D eigenvalue weighted by Gasteiger charge is -2.16. The Morgan fingerprint density at radius 1 is 1.43 bits per heavy atom. The van der Waals surface area contributed by atoms with Crippen molar-refractivity contribution in [1.82, 2.24) is 0 Å². The molecule has 74 valence electrons. The van der Waals surface area contributed by atoms with Gasteiger partial charge in [0, 0.05) is 7.05 Å². The van der Waals surface area contributed by atoms with Crippen molar-refractivity contribution in [2.24, 2.45) is 0 Å². The molecular formula is C11H13NO2. The average Bonchev–Trinajstić information content (AvgIpc) is 2.30. The molecule has 0 aliphatic carbocycles. The Morgan fingerprint density at radius 3 is 3.00 bits per heavy atom. The fourth-order valence-corrected chi connectivity index (χ4v) is 1.56. The highest BCUT2D eigenvalue weighted by molar-refractivity contribution is 5.95. The predicted octanol–water partition coefficient (Wildman–Crippen LogP) is 1.74. The topological polar surface area (TPSA) is 29.5 Å². The molecule has 0 saturated carbocycles. The first-order valence-electron chi connectivity index (χ1n) is 4.68. The first kappa shape index (κ1) is 9.06. The second kappa shape index (κ2) is 3.33. The molecule has 0 unspecified atom stereocenters. The first-order valence-corrected chi connectivity index (χ1v) is 4.68. The van der Waals surface area contributed by atoms with Gasteiger partial charge in [-0.3, -0.25) is 4.79 Å². The smallest absolute Gasteiger partial charge is 0.230 e. The second-order valence-corrected chi connectivity index (χ2v) is 3.52. The largest absolute Gasteiger partial charge is 0.491 e. The number of anilines is 1. The summed E-state index contributed by atoms with van der Waals surface area (Å²) in [6.45, 7) is 2.47. The second-order valence-electron chi connectivity index (χ2n) is 3.52. The van der Waals surface area contributed by atoms with Gasteiger partial charge in [-0.05, 0) is 24.6 Å². The third kappa shape index (κ3) is 1.45. The van der Waals surface area contributed by atoms with Crippen LogP contribution in [0.2, 0.25) is 0 Å². The molecule has 0 radical (unpaired) electrons. The maximum Gasteiger partial charge on any atom is 0.230 e. The monoisotopic (exact) mass is 191 g/mol. The number of hydrogen-bond donors (Lipinski definition) is 0. The Bertz CT molecular complexity index is 374. The van der Waals surface area contributed by atoms with Crippen LogP contribution in [0.5, 0.6) is 5.75 Å². The van der Waals surface area contributed by atoms with Gasteiger partial charge in [-0.15, -0.1) is 0 Å². The summed E-state index contributed by atoms with van der Waals surface area (Å²) in [5.74, 6) is 0.901. The van der Waals surface area contributed by atoms with Crippen molar-refractivity contribution in [2.45, 2.75) is 13.3 Å². The summed E-state index contributed by atoms with van der Waals surface area (Å²) in [6.07, 6.45) is 0.449. The summed E-state index contributed by atoms with van der Waals surface area (Å²) in [7, 11) is 1.79. The van der Waals surface area contributed by atoms with Gasteiger partial charge >= 0.3 is 0 Å². The van der Waals surface area contributed by atoms with E-state index in [0.29, 0.717) is 13.0 Å². The number of nitrogens with zero attached hydrogens (tertiary/aromatic N) is 1. The van der Waals surface area contributed by atoms with E-state index in [2.05, 4.69) is 0 Å². The Hall–Kier alpha value is -1.51. The molecule has 1 heterocycles. The van der Waals surface area contributed by atoms with Gasteiger partial charge in [-0.2, -0.15) is 0 Å². The number of hydrogen-bond acceptors (Lipinski definition) is 2. The van der Waals surface area contributed by atoms with Crippen LogP contribution in [-0.4, -0.2) is 19.6 Å². The highest BCUT2D eigenvalue weighted by atomic mass is 16.5. The summed E-state index contributed by atoms with van der Waals surface area (Å²) in [5, 5.41) is 0. The molecule has 0 atom stereocenters. The molecule has 14 heavy (non-hydrogen) atoms. The van der Waals surface area contributed by atoms with E-state index < -0.39 is 0 Å². The number of carbonyl (C=O) groups is 1. The molecule has 1 amide bonds. The SMILES string of the molecule is Cc1ccc2c(c1)N(C)C(=O)CCO2. The third-order valence-electron chi connectivity index (χ3n) is 2.42. The number of carbonyl (C=O) groups excluding carboxylic acids is 1. The summed E-state index contributed by atoms with van der Waals surface area (Å²) in [4.78, 5) is 13.2. The summed E-state index contributed by atoms with van der Waals surface area (Å²) in [5.41, 5.74) is 2.00. The molecule has 0 saturated heterocycles. The van der Waals surface area contributed by atoms with Crippen LogP contribution in [0.3, 0.4) is 0 Å². The van der Waals surface area contributed by atoms with Gasteiger partial charge in [0.15, 0.2) is 0 Å². The number of rotatable bonds is 0. The van der Waals surface area contributed by atoms with E-state index >= 15 is 0 Å². The van der Waals surface area contributed by atoms with Crippen LogP contribution < -0.4 is 9.64 Å². The normalized spacial score (nSPS) is 15.9. The standard InChI is InChI=1S/C11H13NO2/c1-8-3-4-10-9(7-8)12(2)11(13)5-6-14-10/h3-4,7H,5-6H2,1-2H3. The summed E-state index contributed by atoms with van der Waals surface area (Å²) >= 11 is 0. The van der Waals surface area contributed by atoms with Gasteiger partial charge in [-0.1, -0.05) is 6.07 Å². The number of ether oxygens (including phenoxy) is 1. The van der Waals surface area contributed by atoms with E-state index in [4.69, 9.17) is 4.74 Å². The van der Waals surface area contributed by atoms with Crippen molar-refractivity contribution in [3.8, 4) is 5.75 Å². The van der Waals surface area contributed by atoms with E-state index in [-0.39, 0.29) is 5.91 Å². The average molecular weight is 191 g/mol. The van der Waals surface area contributed by atoms with Gasteiger partial charge in [0.25, 0.3) is 0 Å². The fourth-order valence-electron chi connectivity index (χ4n) is 1.56. The molecule has 0 aromatic heterocycles. The van der Waals surface area contributed by atoms with E-state index in [9.17, 15) is 4.79 Å². The Labute approximate surface area is 83.3 Å². The lowest BCUT2D eigenvalue weighted by Crippen LogP contribution is -2.25. The minimum absolute atomic E-state index is 0.106. The molecule has 1 aliphatic rings. The van der Waals surface area contributed by atoms with Crippen molar-refractivity contribution in [2.75, 3.05) is 18.6 Å². The van der Waals surface area contributed by atoms with Crippen molar-refractivity contribution in [3.63, 3.8) is 0 Å². The molecule has 1 aliphatic heterocycles. The molecule has 0 N–H and O–H groups in total. The van der Waals surface area contributed by atoms with Crippen LogP contribution in [0.1, 0.15) is 12.0 Å². The number of aryl methyl sites for hydroxylation is 1. The minimum atomic E-state index is 0.106. The van der Waals surface area contributed by atoms with Gasteiger partial charge < -0.3 is 9.64 Å². The molecule has 0 fully saturated rings. The predicted molar refractivity (Wildman–Crippen MR) is 54.7 cm³/mol.